The van der Waals surface area contributed by atoms with Gasteiger partial charge < -0.3 is 20.5 Å². The highest BCUT2D eigenvalue weighted by Gasteiger charge is 2.32. The van der Waals surface area contributed by atoms with Gasteiger partial charge in [-0.25, -0.2) is 9.97 Å². The number of alkyl halides is 3. The predicted molar refractivity (Wildman–Crippen MR) is 133 cm³/mol. The molecule has 13 heteroatoms. The molecule has 0 saturated carbocycles. The molecule has 0 unspecified atom stereocenters. The van der Waals surface area contributed by atoms with E-state index in [0.29, 0.717) is 22.6 Å². The summed E-state index contributed by atoms with van der Waals surface area (Å²) in [5.41, 5.74) is -0.447. The molecule has 3 N–H and O–H groups in total. The van der Waals surface area contributed by atoms with Gasteiger partial charge in [0.15, 0.2) is 5.69 Å². The fourth-order valence-corrected chi connectivity index (χ4v) is 4.36. The molecule has 0 aliphatic carbocycles. The molecule has 0 radical (unpaired) electrons. The molecule has 194 valence electrons. The zero-order valence-electron chi connectivity index (χ0n) is 20.0. The fraction of sp³-hybridized carbons (Fsp3) is 0.435. The molecular formula is C23H28F3N7O2S. The lowest BCUT2D eigenvalue weighted by Crippen LogP contribution is -2.30. The number of aromatic nitrogens is 4. The average Bonchev–Trinajstić information content (AvgIpc) is 3.21. The molecule has 1 saturated heterocycles. The minimum absolute atomic E-state index is 0.0322. The van der Waals surface area contributed by atoms with Crippen LogP contribution in [0.2, 0.25) is 0 Å². The van der Waals surface area contributed by atoms with Crippen molar-refractivity contribution in [2.24, 2.45) is 0 Å². The van der Waals surface area contributed by atoms with Gasteiger partial charge in [0.05, 0.1) is 29.3 Å². The van der Waals surface area contributed by atoms with Crippen LogP contribution in [0.25, 0.3) is 0 Å². The first-order chi connectivity index (χ1) is 17.2. The van der Waals surface area contributed by atoms with Crippen molar-refractivity contribution in [2.75, 3.05) is 30.3 Å². The van der Waals surface area contributed by atoms with Crippen molar-refractivity contribution in [1.82, 2.24) is 24.2 Å². The van der Waals surface area contributed by atoms with Crippen LogP contribution in [0.15, 0.2) is 35.5 Å². The zero-order valence-corrected chi connectivity index (χ0v) is 20.8. The lowest BCUT2D eigenvalue weighted by molar-refractivity contribution is -0.141. The van der Waals surface area contributed by atoms with Crippen LogP contribution in [0.3, 0.4) is 0 Å². The van der Waals surface area contributed by atoms with Gasteiger partial charge in [-0.1, -0.05) is 13.3 Å². The van der Waals surface area contributed by atoms with Crippen molar-refractivity contribution < 1.29 is 18.0 Å². The normalized spacial score (nSPS) is 14.0. The molecular weight excluding hydrogens is 495 g/mol. The van der Waals surface area contributed by atoms with Gasteiger partial charge in [-0.2, -0.15) is 17.5 Å². The molecule has 0 atom stereocenters. The van der Waals surface area contributed by atoms with E-state index in [1.54, 1.807) is 6.92 Å². The molecule has 36 heavy (non-hydrogen) atoms. The molecule has 3 aromatic rings. The van der Waals surface area contributed by atoms with Crippen molar-refractivity contribution >= 4 is 33.9 Å². The smallest absolute Gasteiger partial charge is 0.329 e. The van der Waals surface area contributed by atoms with E-state index >= 15 is 0 Å². The van der Waals surface area contributed by atoms with E-state index < -0.39 is 17.8 Å². The molecule has 4 rings (SSSR count). The van der Waals surface area contributed by atoms with Gasteiger partial charge in [-0.15, -0.1) is 0 Å². The van der Waals surface area contributed by atoms with E-state index in [9.17, 15) is 22.8 Å². The maximum atomic E-state index is 12.5. The molecule has 1 aliphatic heterocycles. The molecule has 4 heterocycles. The number of piperidine rings is 1. The van der Waals surface area contributed by atoms with Crippen molar-refractivity contribution in [1.29, 1.82) is 0 Å². The number of halogens is 3. The van der Waals surface area contributed by atoms with Gasteiger partial charge in [0.2, 0.25) is 5.56 Å². The first-order valence-electron chi connectivity index (χ1n) is 11.5. The van der Waals surface area contributed by atoms with Gasteiger partial charge in [0.25, 0.3) is 5.91 Å². The van der Waals surface area contributed by atoms with E-state index in [1.807, 2.05) is 0 Å². The van der Waals surface area contributed by atoms with E-state index in [2.05, 4.69) is 41.8 Å². The third kappa shape index (κ3) is 7.85. The lowest BCUT2D eigenvalue weighted by atomic mass is 10.1. The van der Waals surface area contributed by atoms with E-state index in [1.165, 1.54) is 63.6 Å². The van der Waals surface area contributed by atoms with Gasteiger partial charge in [0, 0.05) is 12.3 Å². The van der Waals surface area contributed by atoms with Crippen molar-refractivity contribution in [3.05, 3.63) is 58.0 Å². The van der Waals surface area contributed by atoms with Crippen molar-refractivity contribution in [3.8, 4) is 0 Å². The molecule has 1 fully saturated rings. The Bertz CT molecular complexity index is 1170. The second-order valence-corrected chi connectivity index (χ2v) is 8.95. The lowest BCUT2D eigenvalue weighted by Gasteiger charge is -2.25. The Morgan fingerprint density at radius 2 is 1.92 bits per heavy atom. The van der Waals surface area contributed by atoms with Crippen LogP contribution < -0.4 is 16.2 Å². The quantitative estimate of drug-likeness (QED) is 0.424. The van der Waals surface area contributed by atoms with Crippen LogP contribution >= 0.6 is 11.5 Å². The van der Waals surface area contributed by atoms with Crippen LogP contribution in [-0.2, 0) is 6.18 Å². The maximum Gasteiger partial charge on any atom is 0.434 e. The molecule has 9 nitrogen and oxygen atoms in total. The highest BCUT2D eigenvalue weighted by atomic mass is 32.1. The molecule has 1 amide bonds. The summed E-state index contributed by atoms with van der Waals surface area (Å²) in [5, 5.41) is 5.64. The summed E-state index contributed by atoms with van der Waals surface area (Å²) in [6.45, 7) is 7.90. The monoisotopic (exact) mass is 523 g/mol. The number of aromatic amines is 1. The molecule has 0 spiro atoms. The van der Waals surface area contributed by atoms with Gasteiger partial charge >= 0.3 is 6.18 Å². The molecule has 0 aromatic carbocycles. The topological polar surface area (TPSA) is 116 Å². The predicted octanol–water partition coefficient (Wildman–Crippen LogP) is 4.83. The standard InChI is InChI=1S/C15H11F3N6O2S.C8H17N/c1-7-12(13(26)22-8-2-3-11(25)21-4-8)14(27-24-7)23-10-6-19-9(5-20-10)15(16,17)18;1-2-6-9-7-4-3-5-8-9/h2-6H,1H3,(H,20,23)(H,21,25)(H,22,26);2-8H2,1H3. The summed E-state index contributed by atoms with van der Waals surface area (Å²) >= 11 is 0.952. The van der Waals surface area contributed by atoms with Crippen molar-refractivity contribution in [2.45, 2.75) is 45.7 Å². The number of anilines is 3. The minimum Gasteiger partial charge on any atom is -0.329 e. The third-order valence-electron chi connectivity index (χ3n) is 5.30. The SMILES string of the molecule is CCCN1CCCCC1.Cc1nsc(Nc2cnc(C(F)(F)F)cn2)c1C(=O)Nc1ccc(=O)[nH]c1. The number of pyridine rings is 1. The highest BCUT2D eigenvalue weighted by molar-refractivity contribution is 7.10. The number of H-pyrrole nitrogens is 1. The number of likely N-dealkylation sites (tertiary alicyclic amines) is 1. The number of hydrogen-bond donors (Lipinski definition) is 3. The number of rotatable bonds is 6. The zero-order chi connectivity index (χ0) is 26.1. The van der Waals surface area contributed by atoms with E-state index in [4.69, 9.17) is 0 Å². The number of carbonyl (C=O) groups is 1. The summed E-state index contributed by atoms with van der Waals surface area (Å²) < 4.78 is 41.7. The Hall–Kier alpha value is -3.32. The van der Waals surface area contributed by atoms with E-state index in [0.717, 1.165) is 17.7 Å². The number of nitrogens with one attached hydrogen (secondary N) is 3. The Morgan fingerprint density at radius 3 is 2.50 bits per heavy atom. The maximum absolute atomic E-state index is 12.5. The van der Waals surface area contributed by atoms with Gasteiger partial charge in [-0.05, 0) is 63.4 Å². The minimum atomic E-state index is -4.59. The third-order valence-corrected chi connectivity index (χ3v) is 6.16. The Morgan fingerprint density at radius 1 is 1.17 bits per heavy atom. The van der Waals surface area contributed by atoms with Gasteiger partial charge in [0.1, 0.15) is 10.8 Å². The molecule has 0 bridgehead atoms. The Balaban J connectivity index is 0.000000338. The highest BCUT2D eigenvalue weighted by Crippen LogP contribution is 2.30. The van der Waals surface area contributed by atoms with Crippen LogP contribution in [-0.4, -0.2) is 49.8 Å². The summed E-state index contributed by atoms with van der Waals surface area (Å²) in [6, 6.07) is 2.69. The summed E-state index contributed by atoms with van der Waals surface area (Å²) in [5.74, 6) is -0.472. The number of amides is 1. The molecule has 1 aliphatic rings. The molecule has 3 aromatic heterocycles. The second-order valence-electron chi connectivity index (χ2n) is 8.18. The van der Waals surface area contributed by atoms with Crippen LogP contribution in [0, 0.1) is 6.92 Å². The number of nitrogens with zero attached hydrogens (tertiary/aromatic N) is 4. The van der Waals surface area contributed by atoms with E-state index in [-0.39, 0.29) is 16.9 Å². The Labute approximate surface area is 210 Å². The summed E-state index contributed by atoms with van der Waals surface area (Å²) in [6.07, 6.45) is 3.90. The number of hydrogen-bond acceptors (Lipinski definition) is 8. The van der Waals surface area contributed by atoms with Crippen LogP contribution in [0.1, 0.15) is 54.4 Å². The Kier molecular flexibility index (Phi) is 9.53. The first-order valence-corrected chi connectivity index (χ1v) is 12.3. The van der Waals surface area contributed by atoms with Gasteiger partial charge in [-0.3, -0.25) is 9.59 Å². The van der Waals surface area contributed by atoms with Crippen LogP contribution in [0.5, 0.6) is 0 Å². The fourth-order valence-electron chi connectivity index (χ4n) is 3.56. The number of carbonyl (C=O) groups excluding carboxylic acids is 1. The van der Waals surface area contributed by atoms with Crippen LogP contribution in [0.4, 0.5) is 29.7 Å². The second kappa shape index (κ2) is 12.6. The summed E-state index contributed by atoms with van der Waals surface area (Å²) in [4.78, 5) is 35.5. The summed E-state index contributed by atoms with van der Waals surface area (Å²) in [7, 11) is 0. The van der Waals surface area contributed by atoms with Crippen molar-refractivity contribution in [3.63, 3.8) is 0 Å². The first kappa shape index (κ1) is 27.3. The average molecular weight is 524 g/mol. The largest absolute Gasteiger partial charge is 0.434 e. The number of aryl methyl sites for hydroxylation is 1.